The zero-order valence-electron chi connectivity index (χ0n) is 17.1. The van der Waals surface area contributed by atoms with E-state index in [0.29, 0.717) is 12.8 Å². The molecular weight excluding hydrogens is 372 g/mol. The summed E-state index contributed by atoms with van der Waals surface area (Å²) in [7, 11) is 0. The largest absolute Gasteiger partial charge is 0.344 e. The van der Waals surface area contributed by atoms with Crippen molar-refractivity contribution >= 4 is 23.6 Å². The van der Waals surface area contributed by atoms with Gasteiger partial charge in [-0.15, -0.1) is 0 Å². The number of amides is 2. The Hall–Kier alpha value is -1.53. The standard InChI is InChI=1S/C22H36N2O3S/c1-28-18-17-20(22(26)24-27)23-21(25)16-12-6-4-2-3-5-9-13-19-14-10-7-8-11-15-19/h7,10-11,14-15,20,27H,2-6,8-9,12-13,16-18H2,1H3,(H,23,25)(H,24,26)/t20-/m1/s1. The van der Waals surface area contributed by atoms with Crippen molar-refractivity contribution in [3.63, 3.8) is 0 Å². The van der Waals surface area contributed by atoms with Gasteiger partial charge in [-0.05, 0) is 49.7 Å². The second-order valence-electron chi connectivity index (χ2n) is 7.16. The van der Waals surface area contributed by atoms with Crippen LogP contribution in [0.2, 0.25) is 0 Å². The number of hydrogen-bond acceptors (Lipinski definition) is 4. The topological polar surface area (TPSA) is 78.4 Å². The highest BCUT2D eigenvalue weighted by Gasteiger charge is 2.19. The third kappa shape index (κ3) is 12.0. The van der Waals surface area contributed by atoms with Crippen LogP contribution in [0, 0.1) is 0 Å². The molecule has 3 N–H and O–H groups in total. The Bertz CT molecular complexity index is 544. The van der Waals surface area contributed by atoms with Gasteiger partial charge in [0, 0.05) is 6.42 Å². The second kappa shape index (κ2) is 16.4. The minimum atomic E-state index is -0.654. The lowest BCUT2D eigenvalue weighted by Crippen LogP contribution is -2.46. The molecule has 5 nitrogen and oxygen atoms in total. The van der Waals surface area contributed by atoms with Crippen LogP contribution in [0.15, 0.2) is 36.0 Å². The molecule has 0 fully saturated rings. The van der Waals surface area contributed by atoms with Gasteiger partial charge >= 0.3 is 0 Å². The Morgan fingerprint density at radius 1 is 1.11 bits per heavy atom. The molecule has 1 rings (SSSR count). The van der Waals surface area contributed by atoms with Gasteiger partial charge in [0.05, 0.1) is 0 Å². The van der Waals surface area contributed by atoms with Crippen molar-refractivity contribution in [1.29, 1.82) is 0 Å². The van der Waals surface area contributed by atoms with Gasteiger partial charge in [-0.3, -0.25) is 14.8 Å². The van der Waals surface area contributed by atoms with Crippen LogP contribution < -0.4 is 10.8 Å². The quantitative estimate of drug-likeness (QED) is 0.209. The maximum Gasteiger partial charge on any atom is 0.265 e. The maximum absolute atomic E-state index is 12.0. The van der Waals surface area contributed by atoms with Gasteiger partial charge < -0.3 is 5.32 Å². The Balaban J connectivity index is 2.02. The van der Waals surface area contributed by atoms with Crippen molar-refractivity contribution in [3.05, 3.63) is 36.0 Å². The molecule has 1 atom stereocenters. The van der Waals surface area contributed by atoms with E-state index in [0.717, 1.165) is 37.9 Å². The van der Waals surface area contributed by atoms with E-state index in [2.05, 4.69) is 35.7 Å². The summed E-state index contributed by atoms with van der Waals surface area (Å²) in [6, 6.07) is -0.654. The first-order valence-corrected chi connectivity index (χ1v) is 11.8. The van der Waals surface area contributed by atoms with E-state index in [1.807, 2.05) is 6.26 Å². The van der Waals surface area contributed by atoms with Crippen molar-refractivity contribution in [2.75, 3.05) is 12.0 Å². The molecule has 1 aliphatic rings. The van der Waals surface area contributed by atoms with Gasteiger partial charge in [-0.25, -0.2) is 5.48 Å². The van der Waals surface area contributed by atoms with Crippen LogP contribution in [-0.2, 0) is 9.59 Å². The van der Waals surface area contributed by atoms with Crippen LogP contribution >= 0.6 is 11.8 Å². The Morgan fingerprint density at radius 3 is 2.54 bits per heavy atom. The molecule has 0 aromatic heterocycles. The predicted molar refractivity (Wildman–Crippen MR) is 117 cm³/mol. The highest BCUT2D eigenvalue weighted by molar-refractivity contribution is 7.98. The average molecular weight is 409 g/mol. The van der Waals surface area contributed by atoms with Crippen molar-refractivity contribution in [3.8, 4) is 0 Å². The van der Waals surface area contributed by atoms with E-state index < -0.39 is 11.9 Å². The first-order chi connectivity index (χ1) is 13.7. The molecule has 0 saturated carbocycles. The predicted octanol–water partition coefficient (Wildman–Crippen LogP) is 4.68. The Kier molecular flexibility index (Phi) is 14.4. The number of carbonyl (C=O) groups excluding carboxylic acids is 2. The normalized spacial score (nSPS) is 14.3. The van der Waals surface area contributed by atoms with Crippen LogP contribution in [0.4, 0.5) is 0 Å². The van der Waals surface area contributed by atoms with E-state index in [-0.39, 0.29) is 5.91 Å². The number of hydroxylamine groups is 1. The average Bonchev–Trinajstić information content (AvgIpc) is 2.98. The van der Waals surface area contributed by atoms with Crippen LogP contribution in [0.5, 0.6) is 0 Å². The third-order valence-electron chi connectivity index (χ3n) is 4.79. The molecule has 0 bridgehead atoms. The number of rotatable bonds is 15. The number of nitrogens with one attached hydrogen (secondary N) is 2. The van der Waals surface area contributed by atoms with E-state index >= 15 is 0 Å². The fourth-order valence-corrected chi connectivity index (χ4v) is 3.61. The molecule has 0 aliphatic heterocycles. The molecule has 0 unspecified atom stereocenters. The number of allylic oxidation sites excluding steroid dienone is 6. The van der Waals surface area contributed by atoms with E-state index in [1.165, 1.54) is 31.3 Å². The molecule has 28 heavy (non-hydrogen) atoms. The van der Waals surface area contributed by atoms with Crippen LogP contribution in [-0.4, -0.2) is 35.1 Å². The molecule has 0 aromatic carbocycles. The van der Waals surface area contributed by atoms with Crippen molar-refractivity contribution in [2.45, 2.75) is 76.7 Å². The minimum Gasteiger partial charge on any atom is -0.344 e. The van der Waals surface area contributed by atoms with Crippen molar-refractivity contribution < 1.29 is 14.8 Å². The summed E-state index contributed by atoms with van der Waals surface area (Å²) >= 11 is 1.60. The summed E-state index contributed by atoms with van der Waals surface area (Å²) in [5.74, 6) is 0.0878. The smallest absolute Gasteiger partial charge is 0.265 e. The van der Waals surface area contributed by atoms with E-state index in [1.54, 1.807) is 17.2 Å². The molecule has 1 aliphatic carbocycles. The molecule has 0 radical (unpaired) electrons. The molecule has 0 aromatic rings. The molecule has 158 valence electrons. The molecule has 0 saturated heterocycles. The van der Waals surface area contributed by atoms with Gasteiger partial charge in [0.15, 0.2) is 0 Å². The SMILES string of the molecule is CSCC[C@@H](NC(=O)CCCCCCCCCC1=CC=CCC=C1)C(=O)NO. The molecule has 0 spiro atoms. The highest BCUT2D eigenvalue weighted by atomic mass is 32.2. The molecular formula is C22H36N2O3S. The van der Waals surface area contributed by atoms with Gasteiger partial charge in [0.25, 0.3) is 5.91 Å². The minimum absolute atomic E-state index is 0.117. The van der Waals surface area contributed by atoms with Gasteiger partial charge in [-0.2, -0.15) is 11.8 Å². The molecule has 2 amide bonds. The molecule has 0 heterocycles. The Labute approximate surface area is 174 Å². The van der Waals surface area contributed by atoms with Gasteiger partial charge in [0.1, 0.15) is 6.04 Å². The molecule has 6 heteroatoms. The van der Waals surface area contributed by atoms with Gasteiger partial charge in [-0.1, -0.05) is 62.5 Å². The van der Waals surface area contributed by atoms with Crippen LogP contribution in [0.1, 0.15) is 70.6 Å². The summed E-state index contributed by atoms with van der Waals surface area (Å²) in [6.07, 6.45) is 24.0. The zero-order chi connectivity index (χ0) is 20.5. The lowest BCUT2D eigenvalue weighted by molar-refractivity contribution is -0.134. The lowest BCUT2D eigenvalue weighted by atomic mass is 10.0. The number of unbranched alkanes of at least 4 members (excludes halogenated alkanes) is 6. The fourth-order valence-electron chi connectivity index (χ4n) is 3.14. The van der Waals surface area contributed by atoms with Crippen LogP contribution in [0.3, 0.4) is 0 Å². The fraction of sp³-hybridized carbons (Fsp3) is 0.636. The van der Waals surface area contributed by atoms with Crippen molar-refractivity contribution in [2.24, 2.45) is 0 Å². The number of hydrogen-bond donors (Lipinski definition) is 3. The van der Waals surface area contributed by atoms with Crippen LogP contribution in [0.25, 0.3) is 0 Å². The maximum atomic E-state index is 12.0. The third-order valence-corrected chi connectivity index (χ3v) is 5.44. The summed E-state index contributed by atoms with van der Waals surface area (Å²) in [6.45, 7) is 0. The lowest BCUT2D eigenvalue weighted by Gasteiger charge is -2.16. The Morgan fingerprint density at radius 2 is 1.82 bits per heavy atom. The summed E-state index contributed by atoms with van der Waals surface area (Å²) in [5.41, 5.74) is 3.05. The zero-order valence-corrected chi connectivity index (χ0v) is 17.9. The van der Waals surface area contributed by atoms with E-state index in [9.17, 15) is 9.59 Å². The van der Waals surface area contributed by atoms with Gasteiger partial charge in [0.2, 0.25) is 5.91 Å². The summed E-state index contributed by atoms with van der Waals surface area (Å²) in [5, 5.41) is 11.5. The number of carbonyl (C=O) groups is 2. The second-order valence-corrected chi connectivity index (χ2v) is 8.15. The first-order valence-electron chi connectivity index (χ1n) is 10.4. The first kappa shape index (κ1) is 24.5. The summed E-state index contributed by atoms with van der Waals surface area (Å²) in [4.78, 5) is 23.6. The van der Waals surface area contributed by atoms with Crippen molar-refractivity contribution in [1.82, 2.24) is 10.8 Å². The monoisotopic (exact) mass is 408 g/mol. The summed E-state index contributed by atoms with van der Waals surface area (Å²) < 4.78 is 0. The van der Waals surface area contributed by atoms with E-state index in [4.69, 9.17) is 5.21 Å². The number of thioether (sulfide) groups is 1. The highest BCUT2D eigenvalue weighted by Crippen LogP contribution is 2.15.